The lowest BCUT2D eigenvalue weighted by atomic mass is 9.89. The zero-order valence-electron chi connectivity index (χ0n) is 12.5. The third kappa shape index (κ3) is 4.77. The number of carbonyl (C=O) groups excluding carboxylic acids is 1. The molecular formula is C15H29N3O. The van der Waals surface area contributed by atoms with E-state index in [1.165, 1.54) is 32.1 Å². The van der Waals surface area contributed by atoms with Gasteiger partial charge in [-0.25, -0.2) is 0 Å². The average molecular weight is 267 g/mol. The number of piperazine rings is 1. The number of likely N-dealkylation sites (N-methyl/N-ethyl adjacent to an activating group) is 1. The van der Waals surface area contributed by atoms with Gasteiger partial charge in [0.1, 0.15) is 0 Å². The number of hydrogen-bond donors (Lipinski definition) is 1. The van der Waals surface area contributed by atoms with Crippen molar-refractivity contribution in [2.45, 2.75) is 44.6 Å². The van der Waals surface area contributed by atoms with Crippen LogP contribution in [-0.4, -0.2) is 62.0 Å². The fraction of sp³-hybridized carbons (Fsp3) is 0.933. The first-order valence-corrected chi connectivity index (χ1v) is 7.81. The Morgan fingerprint density at radius 2 is 2.05 bits per heavy atom. The van der Waals surface area contributed by atoms with Crippen LogP contribution in [0.4, 0.5) is 0 Å². The molecule has 1 amide bonds. The summed E-state index contributed by atoms with van der Waals surface area (Å²) in [5.41, 5.74) is 0. The van der Waals surface area contributed by atoms with Crippen molar-refractivity contribution >= 4 is 5.91 Å². The van der Waals surface area contributed by atoms with Crippen LogP contribution in [0.15, 0.2) is 0 Å². The second-order valence-electron chi connectivity index (χ2n) is 6.40. The van der Waals surface area contributed by atoms with Gasteiger partial charge in [-0.2, -0.15) is 0 Å². The third-order valence-corrected chi connectivity index (χ3v) is 4.56. The van der Waals surface area contributed by atoms with E-state index in [0.717, 1.165) is 32.1 Å². The van der Waals surface area contributed by atoms with Crippen molar-refractivity contribution in [1.29, 1.82) is 0 Å². The van der Waals surface area contributed by atoms with E-state index in [-0.39, 0.29) is 0 Å². The van der Waals surface area contributed by atoms with Crippen molar-refractivity contribution < 1.29 is 4.79 Å². The van der Waals surface area contributed by atoms with Gasteiger partial charge in [-0.3, -0.25) is 4.79 Å². The Morgan fingerprint density at radius 3 is 2.74 bits per heavy atom. The Kier molecular flexibility index (Phi) is 5.64. The van der Waals surface area contributed by atoms with Gasteiger partial charge in [0, 0.05) is 45.7 Å². The first-order valence-electron chi connectivity index (χ1n) is 7.81. The molecule has 2 rings (SSSR count). The highest BCUT2D eigenvalue weighted by Crippen LogP contribution is 2.24. The molecule has 1 saturated carbocycles. The molecule has 1 unspecified atom stereocenters. The minimum Gasteiger partial charge on any atom is -0.345 e. The number of carbonyl (C=O) groups is 1. The van der Waals surface area contributed by atoms with Crippen LogP contribution in [0.3, 0.4) is 0 Å². The van der Waals surface area contributed by atoms with E-state index in [0.29, 0.717) is 18.4 Å². The number of hydrogen-bond acceptors (Lipinski definition) is 3. The van der Waals surface area contributed by atoms with Gasteiger partial charge in [-0.15, -0.1) is 0 Å². The molecule has 0 spiro atoms. The van der Waals surface area contributed by atoms with Gasteiger partial charge in [-0.05, 0) is 25.8 Å². The maximum atomic E-state index is 12.3. The van der Waals surface area contributed by atoms with Crippen molar-refractivity contribution in [3.05, 3.63) is 0 Å². The molecule has 4 nitrogen and oxygen atoms in total. The van der Waals surface area contributed by atoms with E-state index < -0.39 is 0 Å². The van der Waals surface area contributed by atoms with E-state index in [2.05, 4.69) is 17.3 Å². The Hall–Kier alpha value is -0.610. The Balaban J connectivity index is 1.72. The van der Waals surface area contributed by atoms with E-state index in [1.807, 2.05) is 11.9 Å². The molecule has 0 aromatic carbocycles. The molecule has 1 atom stereocenters. The molecule has 1 aliphatic heterocycles. The maximum absolute atomic E-state index is 12.3. The number of amides is 1. The fourth-order valence-corrected chi connectivity index (χ4v) is 3.35. The quantitative estimate of drug-likeness (QED) is 0.834. The summed E-state index contributed by atoms with van der Waals surface area (Å²) in [7, 11) is 4.10. The normalized spacial score (nSPS) is 26.3. The molecular weight excluding hydrogens is 238 g/mol. The van der Waals surface area contributed by atoms with Crippen molar-refractivity contribution in [2.24, 2.45) is 5.92 Å². The van der Waals surface area contributed by atoms with E-state index >= 15 is 0 Å². The van der Waals surface area contributed by atoms with Gasteiger partial charge in [0.05, 0.1) is 0 Å². The SMILES string of the molecule is CN1CCNC(CC(=O)N(C)CC2CCCCC2)C1. The monoisotopic (exact) mass is 267 g/mol. The van der Waals surface area contributed by atoms with Gasteiger partial charge in [0.15, 0.2) is 0 Å². The molecule has 0 radical (unpaired) electrons. The summed E-state index contributed by atoms with van der Waals surface area (Å²) in [6.07, 6.45) is 7.34. The van der Waals surface area contributed by atoms with Crippen LogP contribution >= 0.6 is 0 Å². The lowest BCUT2D eigenvalue weighted by Gasteiger charge is -2.32. The van der Waals surface area contributed by atoms with Gasteiger partial charge >= 0.3 is 0 Å². The van der Waals surface area contributed by atoms with E-state index in [1.54, 1.807) is 0 Å². The minimum atomic E-state index is 0.304. The molecule has 2 aliphatic rings. The lowest BCUT2D eigenvalue weighted by molar-refractivity contribution is -0.131. The van der Waals surface area contributed by atoms with Crippen LogP contribution in [0, 0.1) is 5.92 Å². The smallest absolute Gasteiger partial charge is 0.223 e. The third-order valence-electron chi connectivity index (χ3n) is 4.56. The summed E-state index contributed by atoms with van der Waals surface area (Å²) >= 11 is 0. The molecule has 0 aromatic heterocycles. The summed E-state index contributed by atoms with van der Waals surface area (Å²) in [4.78, 5) is 16.5. The number of rotatable bonds is 4. The highest BCUT2D eigenvalue weighted by atomic mass is 16.2. The zero-order chi connectivity index (χ0) is 13.7. The highest BCUT2D eigenvalue weighted by Gasteiger charge is 2.23. The van der Waals surface area contributed by atoms with Crippen LogP contribution in [0.1, 0.15) is 38.5 Å². The van der Waals surface area contributed by atoms with Crippen molar-refractivity contribution in [2.75, 3.05) is 40.3 Å². The molecule has 19 heavy (non-hydrogen) atoms. The summed E-state index contributed by atoms with van der Waals surface area (Å²) < 4.78 is 0. The van der Waals surface area contributed by atoms with E-state index in [4.69, 9.17) is 0 Å². The molecule has 0 bridgehead atoms. The molecule has 0 aromatic rings. The van der Waals surface area contributed by atoms with Crippen molar-refractivity contribution in [3.63, 3.8) is 0 Å². The maximum Gasteiger partial charge on any atom is 0.223 e. The molecule has 4 heteroatoms. The summed E-state index contributed by atoms with van der Waals surface area (Å²) in [5.74, 6) is 1.04. The summed E-state index contributed by atoms with van der Waals surface area (Å²) in [6, 6.07) is 0.333. The highest BCUT2D eigenvalue weighted by molar-refractivity contribution is 5.76. The predicted molar refractivity (Wildman–Crippen MR) is 78.1 cm³/mol. The second kappa shape index (κ2) is 7.25. The van der Waals surface area contributed by atoms with Crippen LogP contribution in [0.5, 0.6) is 0 Å². The topological polar surface area (TPSA) is 35.6 Å². The first kappa shape index (κ1) is 14.8. The zero-order valence-corrected chi connectivity index (χ0v) is 12.5. The Bertz CT molecular complexity index is 289. The molecule has 1 heterocycles. The van der Waals surface area contributed by atoms with Crippen LogP contribution in [-0.2, 0) is 4.79 Å². The summed E-state index contributed by atoms with van der Waals surface area (Å²) in [5, 5.41) is 3.45. The van der Waals surface area contributed by atoms with Gasteiger partial charge in [0.2, 0.25) is 5.91 Å². The Labute approximate surface area is 117 Å². The molecule has 1 aliphatic carbocycles. The van der Waals surface area contributed by atoms with Crippen molar-refractivity contribution in [1.82, 2.24) is 15.1 Å². The van der Waals surface area contributed by atoms with Crippen LogP contribution < -0.4 is 5.32 Å². The predicted octanol–water partition coefficient (Wildman–Crippen LogP) is 1.32. The first-order chi connectivity index (χ1) is 9.15. The van der Waals surface area contributed by atoms with Gasteiger partial charge in [0.25, 0.3) is 0 Å². The number of nitrogens with zero attached hydrogens (tertiary/aromatic N) is 2. The molecule has 2 fully saturated rings. The largest absolute Gasteiger partial charge is 0.345 e. The Morgan fingerprint density at radius 1 is 1.32 bits per heavy atom. The minimum absolute atomic E-state index is 0.304. The standard InChI is InChI=1S/C15H29N3O/c1-17-9-8-16-14(12-17)10-15(19)18(2)11-13-6-4-3-5-7-13/h13-14,16H,3-12H2,1-2H3. The molecule has 1 N–H and O–H groups in total. The lowest BCUT2D eigenvalue weighted by Crippen LogP contribution is -2.51. The van der Waals surface area contributed by atoms with Gasteiger partial charge < -0.3 is 15.1 Å². The van der Waals surface area contributed by atoms with Crippen LogP contribution in [0.25, 0.3) is 0 Å². The second-order valence-corrected chi connectivity index (χ2v) is 6.40. The van der Waals surface area contributed by atoms with Crippen molar-refractivity contribution in [3.8, 4) is 0 Å². The van der Waals surface area contributed by atoms with E-state index in [9.17, 15) is 4.79 Å². The fourth-order valence-electron chi connectivity index (χ4n) is 3.35. The van der Waals surface area contributed by atoms with Crippen LogP contribution in [0.2, 0.25) is 0 Å². The van der Waals surface area contributed by atoms with Gasteiger partial charge in [-0.1, -0.05) is 19.3 Å². The molecule has 1 saturated heterocycles. The molecule has 110 valence electrons. The summed E-state index contributed by atoms with van der Waals surface area (Å²) in [6.45, 7) is 4.04. The number of nitrogens with one attached hydrogen (secondary N) is 1. The average Bonchev–Trinajstić information content (AvgIpc) is 2.40.